The van der Waals surface area contributed by atoms with Crippen LogP contribution in [-0.2, 0) is 16.2 Å². The number of benzene rings is 12. The van der Waals surface area contributed by atoms with Crippen molar-refractivity contribution in [2.45, 2.75) is 120 Å². The number of hydrogen-bond acceptors (Lipinski definition) is 4. The second-order valence-electron chi connectivity index (χ2n) is 31.1. The molecule has 0 spiro atoms. The van der Waals surface area contributed by atoms with Crippen molar-refractivity contribution in [3.63, 3.8) is 0 Å². The highest BCUT2D eigenvalue weighted by atomic mass is 15.2. The van der Waals surface area contributed by atoms with Crippen LogP contribution in [0.1, 0.15) is 125 Å². The molecule has 6 aliphatic rings. The maximum absolute atomic E-state index is 2.65. The SMILES string of the molecule is Cc1ccc(N2c3ccc(C)cc3B3c4ccc(N(c5ccc6c(c5)C(C)(C)c5c(C)ccc7c5B6c5cc(C)ccc5N7c5ccc(C)cc5)c5ccc6c(c5)C(C)(C)c5c(C)ccc7c5B6c5cc(C)ccc5N7c5ccc(C)cc5)cc4C(C)(C)c4c(C)ccc2c43)cc1. The van der Waals surface area contributed by atoms with Gasteiger partial charge in [0.25, 0.3) is 0 Å². The Morgan fingerprint density at radius 3 is 0.763 bits per heavy atom. The zero-order valence-electron chi connectivity index (χ0n) is 58.8. The van der Waals surface area contributed by atoms with Crippen molar-refractivity contribution in [3.8, 4) is 0 Å². The summed E-state index contributed by atoms with van der Waals surface area (Å²) in [7, 11) is 0. The molecule has 0 saturated heterocycles. The molecule has 470 valence electrons. The Balaban J connectivity index is 0.869. The van der Waals surface area contributed by atoms with E-state index >= 15 is 0 Å². The van der Waals surface area contributed by atoms with Crippen molar-refractivity contribution in [2.75, 3.05) is 19.6 Å². The van der Waals surface area contributed by atoms with E-state index in [2.05, 4.69) is 342 Å². The van der Waals surface area contributed by atoms with Gasteiger partial charge in [0.2, 0.25) is 20.1 Å². The maximum atomic E-state index is 2.65. The second-order valence-corrected chi connectivity index (χ2v) is 31.1. The highest BCUT2D eigenvalue weighted by Crippen LogP contribution is 2.51. The quantitative estimate of drug-likeness (QED) is 0.154. The van der Waals surface area contributed by atoms with Gasteiger partial charge in [0.15, 0.2) is 0 Å². The number of anilines is 12. The highest BCUT2D eigenvalue weighted by Gasteiger charge is 2.51. The number of rotatable bonds is 6. The molecule has 97 heavy (non-hydrogen) atoms. The lowest BCUT2D eigenvalue weighted by atomic mass is 9.30. The topological polar surface area (TPSA) is 13.0 Å². The molecule has 12 aromatic carbocycles. The summed E-state index contributed by atoms with van der Waals surface area (Å²) in [6.07, 6.45) is 0. The lowest BCUT2D eigenvalue weighted by molar-refractivity contribution is 0.640. The molecule has 7 heteroatoms. The monoisotopic (exact) mass is 1250 g/mol. The third-order valence-corrected chi connectivity index (χ3v) is 23.7. The van der Waals surface area contributed by atoms with Crippen LogP contribution in [0.3, 0.4) is 0 Å². The minimum absolute atomic E-state index is 0.0374. The largest absolute Gasteiger partial charge is 0.312 e. The van der Waals surface area contributed by atoms with Crippen LogP contribution in [0.5, 0.6) is 0 Å². The molecule has 0 aromatic heterocycles. The van der Waals surface area contributed by atoms with Gasteiger partial charge < -0.3 is 19.6 Å². The van der Waals surface area contributed by atoms with Crippen LogP contribution >= 0.6 is 0 Å². The molecule has 6 aliphatic heterocycles. The van der Waals surface area contributed by atoms with Crippen LogP contribution in [0.4, 0.5) is 68.2 Å². The molecule has 0 unspecified atom stereocenters. The first-order valence-electron chi connectivity index (χ1n) is 35.2. The Bertz CT molecular complexity index is 4870. The van der Waals surface area contributed by atoms with Gasteiger partial charge in [-0.15, -0.1) is 0 Å². The van der Waals surface area contributed by atoms with Crippen LogP contribution in [-0.4, -0.2) is 20.1 Å². The lowest BCUT2D eigenvalue weighted by Crippen LogP contribution is -2.64. The molecule has 12 aromatic rings. The maximum Gasteiger partial charge on any atom is 0.247 e. The van der Waals surface area contributed by atoms with Gasteiger partial charge in [-0.1, -0.05) is 201 Å². The van der Waals surface area contributed by atoms with Crippen molar-refractivity contribution in [1.29, 1.82) is 0 Å². The zero-order valence-corrected chi connectivity index (χ0v) is 58.8. The zero-order chi connectivity index (χ0) is 66.8. The fraction of sp³-hybridized carbons (Fsp3) is 0.200. The molecule has 0 N–H and O–H groups in total. The molecule has 0 saturated carbocycles. The average molecular weight is 1250 g/mol. The average Bonchev–Trinajstić information content (AvgIpc) is 0.702. The van der Waals surface area contributed by atoms with Crippen LogP contribution in [0.25, 0.3) is 0 Å². The fourth-order valence-corrected chi connectivity index (χ4v) is 19.5. The van der Waals surface area contributed by atoms with Crippen LogP contribution in [0, 0.1) is 62.3 Å². The first-order chi connectivity index (χ1) is 46.6. The van der Waals surface area contributed by atoms with E-state index in [1.807, 2.05) is 0 Å². The molecule has 0 radical (unpaired) electrons. The second kappa shape index (κ2) is 20.8. The first kappa shape index (κ1) is 59.5. The van der Waals surface area contributed by atoms with Gasteiger partial charge in [0.05, 0.1) is 0 Å². The summed E-state index contributed by atoms with van der Waals surface area (Å²) in [6.45, 7) is 35.5. The molecule has 0 aliphatic carbocycles. The predicted octanol–water partition coefficient (Wildman–Crippen LogP) is 16.7. The summed E-state index contributed by atoms with van der Waals surface area (Å²) in [5.74, 6) is 0. The Kier molecular flexibility index (Phi) is 12.8. The standard InChI is InChI=1S/C90H81B3N4/c1-52-16-28-61(29-17-52)95-76-40-22-55(4)46-73(76)91-70-37-34-64(49-67(70)88(10,11)82-58(7)25-43-79(95)85(82)91)94(65-35-38-71-68(50-65)89(12,13)83-59(8)26-44-80-86(83)92(71)74-47-56(5)23-41-77(74)96(80)62-30-18-53(2)19-31-62)66-36-39-72-69(51-66)90(14,15)84-60(9)27-45-81-87(84)93(72)75-48-57(6)24-42-78(75)97(81)63-32-20-54(3)21-33-63/h16-51H,1-15H3. The van der Waals surface area contributed by atoms with E-state index < -0.39 is 0 Å². The number of nitrogens with zero attached hydrogens (tertiary/aromatic N) is 4. The number of hydrogen-bond donors (Lipinski definition) is 0. The van der Waals surface area contributed by atoms with E-state index in [1.54, 1.807) is 0 Å². The number of fused-ring (bicyclic) bond motifs is 12. The van der Waals surface area contributed by atoms with E-state index in [4.69, 9.17) is 0 Å². The normalized spacial score (nSPS) is 15.5. The summed E-state index contributed by atoms with van der Waals surface area (Å²) in [5.41, 5.74) is 46.0. The van der Waals surface area contributed by atoms with Gasteiger partial charge in [-0.3, -0.25) is 0 Å². The van der Waals surface area contributed by atoms with Gasteiger partial charge in [-0.05, 0) is 254 Å². The van der Waals surface area contributed by atoms with Crippen molar-refractivity contribution < 1.29 is 0 Å². The first-order valence-corrected chi connectivity index (χ1v) is 35.2. The van der Waals surface area contributed by atoms with Crippen molar-refractivity contribution in [2.24, 2.45) is 0 Å². The smallest absolute Gasteiger partial charge is 0.247 e. The molecule has 18 rings (SSSR count). The third kappa shape index (κ3) is 8.39. The van der Waals surface area contributed by atoms with Gasteiger partial charge in [0, 0.05) is 84.5 Å². The van der Waals surface area contributed by atoms with Crippen molar-refractivity contribution >= 4 is 138 Å². The molecule has 4 nitrogen and oxygen atoms in total. The Morgan fingerprint density at radius 1 is 0.247 bits per heavy atom. The molecular formula is C90H81B3N4. The summed E-state index contributed by atoms with van der Waals surface area (Å²) in [6, 6.07) is 86.0. The molecule has 0 amide bonds. The van der Waals surface area contributed by atoms with E-state index in [0.29, 0.717) is 0 Å². The van der Waals surface area contributed by atoms with Crippen LogP contribution < -0.4 is 68.8 Å². The third-order valence-electron chi connectivity index (χ3n) is 23.7. The minimum atomic E-state index is -0.366. The van der Waals surface area contributed by atoms with Gasteiger partial charge in [-0.2, -0.15) is 0 Å². The van der Waals surface area contributed by atoms with Gasteiger partial charge in [-0.25, -0.2) is 0 Å². The summed E-state index contributed by atoms with van der Waals surface area (Å²) < 4.78 is 0. The fourth-order valence-electron chi connectivity index (χ4n) is 19.5. The predicted molar refractivity (Wildman–Crippen MR) is 417 cm³/mol. The summed E-state index contributed by atoms with van der Waals surface area (Å²) in [4.78, 5) is 10.3. The molecule has 0 atom stereocenters. The lowest BCUT2D eigenvalue weighted by Gasteiger charge is -2.47. The van der Waals surface area contributed by atoms with E-state index in [0.717, 1.165) is 17.1 Å². The molecular weight excluding hydrogens is 1170 g/mol. The minimum Gasteiger partial charge on any atom is -0.312 e. The van der Waals surface area contributed by atoms with E-state index in [1.165, 1.54) is 184 Å². The van der Waals surface area contributed by atoms with Crippen molar-refractivity contribution in [3.05, 3.63) is 302 Å². The van der Waals surface area contributed by atoms with Crippen molar-refractivity contribution in [1.82, 2.24) is 0 Å². The van der Waals surface area contributed by atoms with E-state index in [9.17, 15) is 0 Å². The number of aryl methyl sites for hydroxylation is 9. The van der Waals surface area contributed by atoms with Crippen LogP contribution in [0.15, 0.2) is 218 Å². The summed E-state index contributed by atoms with van der Waals surface area (Å²) >= 11 is 0. The highest BCUT2D eigenvalue weighted by molar-refractivity contribution is 7.00. The van der Waals surface area contributed by atoms with E-state index in [-0.39, 0.29) is 36.4 Å². The Morgan fingerprint density at radius 2 is 0.495 bits per heavy atom. The molecule has 0 fully saturated rings. The van der Waals surface area contributed by atoms with Gasteiger partial charge >= 0.3 is 0 Å². The summed E-state index contributed by atoms with van der Waals surface area (Å²) in [5, 5.41) is 0. The molecule has 0 bridgehead atoms. The molecule has 6 heterocycles. The van der Waals surface area contributed by atoms with Crippen LogP contribution in [0.2, 0.25) is 0 Å². The van der Waals surface area contributed by atoms with Gasteiger partial charge in [0.1, 0.15) is 0 Å². The Hall–Kier alpha value is -9.97. The Labute approximate surface area is 575 Å².